The van der Waals surface area contributed by atoms with Gasteiger partial charge < -0.3 is 10.2 Å². The van der Waals surface area contributed by atoms with Gasteiger partial charge in [-0.25, -0.2) is 4.39 Å². The Bertz CT molecular complexity index is 645. The Morgan fingerprint density at radius 3 is 2.47 bits per heavy atom. The second-order valence-electron chi connectivity index (χ2n) is 4.13. The number of hydrogen-bond donors (Lipinski definition) is 2. The average Bonchev–Trinajstić information content (AvgIpc) is 2.26. The van der Waals surface area contributed by atoms with Gasteiger partial charge >= 0.3 is 0 Å². The maximum atomic E-state index is 13.7. The van der Waals surface area contributed by atoms with E-state index in [-0.39, 0.29) is 21.9 Å². The summed E-state index contributed by atoms with van der Waals surface area (Å²) >= 11 is 5.80. The van der Waals surface area contributed by atoms with Gasteiger partial charge in [0.15, 0.2) is 0 Å². The second kappa shape index (κ2) is 4.90. The van der Waals surface area contributed by atoms with Crippen LogP contribution < -0.4 is 0 Å². The van der Waals surface area contributed by atoms with Crippen LogP contribution in [0.1, 0.15) is 21.5 Å². The Morgan fingerprint density at radius 1 is 1.21 bits per heavy atom. The number of halogens is 2. The zero-order chi connectivity index (χ0) is 14.2. The molecule has 0 aliphatic carbocycles. The molecule has 5 heteroatoms. The van der Waals surface area contributed by atoms with Gasteiger partial charge in [-0.2, -0.15) is 0 Å². The fourth-order valence-electron chi connectivity index (χ4n) is 1.74. The number of phenolic OH excluding ortho intramolecular Hbond substituents is 2. The molecule has 0 amide bonds. The Hall–Kier alpha value is -2.07. The Balaban J connectivity index is 2.56. The van der Waals surface area contributed by atoms with Crippen molar-refractivity contribution in [3.05, 3.63) is 57.9 Å². The first-order chi connectivity index (χ1) is 8.90. The highest BCUT2D eigenvalue weighted by atomic mass is 35.5. The third-order valence-electron chi connectivity index (χ3n) is 2.65. The highest BCUT2D eigenvalue weighted by Crippen LogP contribution is 2.33. The predicted molar refractivity (Wildman–Crippen MR) is 69.4 cm³/mol. The number of aryl methyl sites for hydroxylation is 1. The van der Waals surface area contributed by atoms with Gasteiger partial charge in [0.1, 0.15) is 17.3 Å². The monoisotopic (exact) mass is 280 g/mol. The van der Waals surface area contributed by atoms with Crippen LogP contribution in [0.25, 0.3) is 0 Å². The smallest absolute Gasteiger partial charge is 0.201 e. The molecule has 0 atom stereocenters. The molecule has 0 unspecified atom stereocenters. The van der Waals surface area contributed by atoms with Crippen molar-refractivity contribution in [3.63, 3.8) is 0 Å². The number of phenols is 2. The summed E-state index contributed by atoms with van der Waals surface area (Å²) in [4.78, 5) is 12.2. The van der Waals surface area contributed by atoms with Gasteiger partial charge in [0.05, 0.1) is 16.1 Å². The third-order valence-corrected chi connectivity index (χ3v) is 2.95. The Morgan fingerprint density at radius 2 is 1.89 bits per heavy atom. The number of ketones is 1. The van der Waals surface area contributed by atoms with E-state index in [2.05, 4.69) is 0 Å². The van der Waals surface area contributed by atoms with Gasteiger partial charge in [0, 0.05) is 6.07 Å². The van der Waals surface area contributed by atoms with Crippen molar-refractivity contribution in [1.82, 2.24) is 0 Å². The largest absolute Gasteiger partial charge is 0.508 e. The summed E-state index contributed by atoms with van der Waals surface area (Å²) in [5.74, 6) is -2.19. The van der Waals surface area contributed by atoms with Crippen molar-refractivity contribution in [3.8, 4) is 11.5 Å². The minimum atomic E-state index is -0.736. The lowest BCUT2D eigenvalue weighted by molar-refractivity contribution is 0.103. The molecular formula is C14H10ClFO3. The first kappa shape index (κ1) is 13.4. The molecule has 2 rings (SSSR count). The Labute approximate surface area is 113 Å². The number of carbonyl (C=O) groups is 1. The van der Waals surface area contributed by atoms with E-state index in [4.69, 9.17) is 11.6 Å². The summed E-state index contributed by atoms with van der Waals surface area (Å²) in [6.45, 7) is 1.70. The molecule has 0 aliphatic rings. The highest BCUT2D eigenvalue weighted by Gasteiger charge is 2.21. The van der Waals surface area contributed by atoms with Crippen molar-refractivity contribution in [2.75, 3.05) is 0 Å². The molecule has 0 spiro atoms. The fraction of sp³-hybridized carbons (Fsp3) is 0.0714. The van der Waals surface area contributed by atoms with Crippen molar-refractivity contribution in [2.24, 2.45) is 0 Å². The zero-order valence-corrected chi connectivity index (χ0v) is 10.7. The second-order valence-corrected chi connectivity index (χ2v) is 4.54. The van der Waals surface area contributed by atoms with E-state index in [0.29, 0.717) is 5.56 Å². The molecule has 0 aromatic heterocycles. The van der Waals surface area contributed by atoms with Gasteiger partial charge in [-0.3, -0.25) is 4.79 Å². The van der Waals surface area contributed by atoms with Crippen LogP contribution in [-0.2, 0) is 0 Å². The van der Waals surface area contributed by atoms with Gasteiger partial charge in [-0.05, 0) is 30.7 Å². The normalized spacial score (nSPS) is 10.5. The number of rotatable bonds is 2. The third kappa shape index (κ3) is 2.53. The van der Waals surface area contributed by atoms with Crippen molar-refractivity contribution in [2.45, 2.75) is 6.92 Å². The fourth-order valence-corrected chi connectivity index (χ4v) is 2.04. The SMILES string of the molecule is Cc1ccc(C(=O)c2c(O)cc(O)cc2Cl)c(F)c1. The van der Waals surface area contributed by atoms with E-state index in [1.807, 2.05) is 0 Å². The van der Waals surface area contributed by atoms with Crippen LogP contribution in [0.4, 0.5) is 4.39 Å². The lowest BCUT2D eigenvalue weighted by atomic mass is 10.0. The summed E-state index contributed by atoms with van der Waals surface area (Å²) in [5, 5.41) is 18.8. The minimum Gasteiger partial charge on any atom is -0.508 e. The summed E-state index contributed by atoms with van der Waals surface area (Å²) in [6.07, 6.45) is 0. The van der Waals surface area contributed by atoms with Crippen molar-refractivity contribution < 1.29 is 19.4 Å². The van der Waals surface area contributed by atoms with Crippen molar-refractivity contribution in [1.29, 1.82) is 0 Å². The van der Waals surface area contributed by atoms with E-state index in [9.17, 15) is 19.4 Å². The molecule has 3 nitrogen and oxygen atoms in total. The predicted octanol–water partition coefficient (Wildman–Crippen LogP) is 3.43. The van der Waals surface area contributed by atoms with Crippen LogP contribution in [0.15, 0.2) is 30.3 Å². The molecule has 0 saturated carbocycles. The van der Waals surface area contributed by atoms with E-state index in [0.717, 1.165) is 12.1 Å². The molecule has 0 fully saturated rings. The molecule has 19 heavy (non-hydrogen) atoms. The van der Waals surface area contributed by atoms with E-state index < -0.39 is 17.3 Å². The molecule has 0 saturated heterocycles. The quantitative estimate of drug-likeness (QED) is 0.829. The van der Waals surface area contributed by atoms with E-state index in [1.165, 1.54) is 12.1 Å². The standard InChI is InChI=1S/C14H10ClFO3/c1-7-2-3-9(11(16)4-7)14(19)13-10(15)5-8(17)6-12(13)18/h2-6,17-18H,1H3. The van der Waals surface area contributed by atoms with Gasteiger partial charge in [0.2, 0.25) is 5.78 Å². The van der Waals surface area contributed by atoms with Crippen LogP contribution in [0, 0.1) is 12.7 Å². The summed E-state index contributed by atoms with van der Waals surface area (Å²) in [7, 11) is 0. The van der Waals surface area contributed by atoms with Crippen LogP contribution in [-0.4, -0.2) is 16.0 Å². The number of hydrogen-bond acceptors (Lipinski definition) is 3. The summed E-state index contributed by atoms with van der Waals surface area (Å²) < 4.78 is 13.7. The maximum Gasteiger partial charge on any atom is 0.201 e. The van der Waals surface area contributed by atoms with E-state index >= 15 is 0 Å². The topological polar surface area (TPSA) is 57.5 Å². The number of aromatic hydroxyl groups is 2. The molecule has 0 heterocycles. The molecule has 98 valence electrons. The molecule has 0 bridgehead atoms. The number of carbonyl (C=O) groups excluding carboxylic acids is 1. The van der Waals surface area contributed by atoms with Gasteiger partial charge in [-0.1, -0.05) is 17.7 Å². The molecule has 0 radical (unpaired) electrons. The molecule has 0 aliphatic heterocycles. The maximum absolute atomic E-state index is 13.7. The first-order valence-corrected chi connectivity index (χ1v) is 5.80. The van der Waals surface area contributed by atoms with Crippen LogP contribution in [0.5, 0.6) is 11.5 Å². The summed E-state index contributed by atoms with van der Waals surface area (Å²) in [5.41, 5.74) is 0.255. The lowest BCUT2D eigenvalue weighted by Crippen LogP contribution is -2.05. The Kier molecular flexibility index (Phi) is 3.44. The summed E-state index contributed by atoms with van der Waals surface area (Å²) in [6, 6.07) is 6.22. The average molecular weight is 281 g/mol. The van der Waals surface area contributed by atoms with Crippen LogP contribution in [0.3, 0.4) is 0 Å². The van der Waals surface area contributed by atoms with Gasteiger partial charge in [0.25, 0.3) is 0 Å². The molecule has 2 aromatic rings. The molecular weight excluding hydrogens is 271 g/mol. The zero-order valence-electron chi connectivity index (χ0n) is 9.95. The lowest BCUT2D eigenvalue weighted by Gasteiger charge is -2.08. The van der Waals surface area contributed by atoms with E-state index in [1.54, 1.807) is 13.0 Å². The first-order valence-electron chi connectivity index (χ1n) is 5.42. The molecule has 2 N–H and O–H groups in total. The van der Waals surface area contributed by atoms with Crippen LogP contribution in [0.2, 0.25) is 5.02 Å². The van der Waals surface area contributed by atoms with Crippen molar-refractivity contribution >= 4 is 17.4 Å². The minimum absolute atomic E-state index is 0.137. The van der Waals surface area contributed by atoms with Crippen LogP contribution >= 0.6 is 11.6 Å². The molecule has 2 aromatic carbocycles. The van der Waals surface area contributed by atoms with Gasteiger partial charge in [-0.15, -0.1) is 0 Å². The highest BCUT2D eigenvalue weighted by molar-refractivity contribution is 6.35. The number of benzene rings is 2.